The van der Waals surface area contributed by atoms with Gasteiger partial charge in [0.2, 0.25) is 5.91 Å². The van der Waals surface area contributed by atoms with Crippen LogP contribution in [0.5, 0.6) is 0 Å². The molecule has 0 unspecified atom stereocenters. The van der Waals surface area contributed by atoms with Crippen LogP contribution in [0.3, 0.4) is 0 Å². The van der Waals surface area contributed by atoms with Crippen LogP contribution in [-0.2, 0) is 11.8 Å². The molecule has 7 nitrogen and oxygen atoms in total. The second-order valence-corrected chi connectivity index (χ2v) is 8.00. The lowest BCUT2D eigenvalue weighted by Crippen LogP contribution is -2.32. The predicted octanol–water partition coefficient (Wildman–Crippen LogP) is 2.74. The molecule has 0 bridgehead atoms. The molecule has 2 N–H and O–H groups in total. The van der Waals surface area contributed by atoms with Crippen LogP contribution in [0, 0.1) is 13.8 Å². The highest BCUT2D eigenvalue weighted by molar-refractivity contribution is 9.10. The van der Waals surface area contributed by atoms with Crippen molar-refractivity contribution in [1.82, 2.24) is 14.9 Å². The Balaban J connectivity index is 1.71. The summed E-state index contributed by atoms with van der Waals surface area (Å²) in [6, 6.07) is 5.51. The normalized spacial score (nSPS) is 10.8. The molecule has 0 aliphatic carbocycles. The summed E-state index contributed by atoms with van der Waals surface area (Å²) in [4.78, 5) is 41.9. The van der Waals surface area contributed by atoms with Crippen molar-refractivity contribution < 1.29 is 9.59 Å². The average molecular weight is 449 g/mol. The van der Waals surface area contributed by atoms with E-state index < -0.39 is 5.91 Å². The van der Waals surface area contributed by atoms with Gasteiger partial charge in [0.05, 0.1) is 23.1 Å². The van der Waals surface area contributed by atoms with E-state index in [0.29, 0.717) is 26.3 Å². The Kier molecular flexibility index (Phi) is 5.43. The molecule has 1 aromatic carbocycles. The zero-order chi connectivity index (χ0) is 19.7. The number of nitrogens with zero attached hydrogens (tertiary/aromatic N) is 2. The summed E-state index contributed by atoms with van der Waals surface area (Å²) in [5.74, 6) is -0.734. The predicted molar refractivity (Wildman–Crippen MR) is 109 cm³/mol. The fourth-order valence-electron chi connectivity index (χ4n) is 2.63. The maximum atomic E-state index is 12.5. The van der Waals surface area contributed by atoms with Gasteiger partial charge in [0, 0.05) is 17.2 Å². The zero-order valence-corrected chi connectivity index (χ0v) is 17.3. The number of hydrogen-bond acceptors (Lipinski definition) is 5. The molecule has 2 heterocycles. The lowest BCUT2D eigenvalue weighted by Gasteiger charge is -2.09. The zero-order valence-electron chi connectivity index (χ0n) is 14.9. The standard InChI is InChI=1S/C18H17BrN4O3S/c1-9-6-11(19)4-5-12(9)22-13(24)7-20-16(25)15-10(2)14-17(27-15)21-8-23(3)18(14)26/h4-6,8H,7H2,1-3H3,(H,20,25)(H,22,24). The molecule has 0 spiro atoms. The first-order valence-corrected chi connectivity index (χ1v) is 9.68. The Labute approximate surface area is 167 Å². The molecule has 0 fully saturated rings. The van der Waals surface area contributed by atoms with E-state index in [9.17, 15) is 14.4 Å². The molecule has 0 radical (unpaired) electrons. The average Bonchev–Trinajstić information content (AvgIpc) is 2.96. The van der Waals surface area contributed by atoms with Crippen LogP contribution < -0.4 is 16.2 Å². The smallest absolute Gasteiger partial charge is 0.262 e. The highest BCUT2D eigenvalue weighted by atomic mass is 79.9. The van der Waals surface area contributed by atoms with E-state index in [0.717, 1.165) is 21.4 Å². The fraction of sp³-hybridized carbons (Fsp3) is 0.222. The van der Waals surface area contributed by atoms with Gasteiger partial charge in [-0.1, -0.05) is 15.9 Å². The molecule has 140 valence electrons. The van der Waals surface area contributed by atoms with Gasteiger partial charge in [-0.3, -0.25) is 14.4 Å². The highest BCUT2D eigenvalue weighted by Crippen LogP contribution is 2.26. The molecule has 27 heavy (non-hydrogen) atoms. The summed E-state index contributed by atoms with van der Waals surface area (Å²) in [5.41, 5.74) is 1.97. The van der Waals surface area contributed by atoms with Gasteiger partial charge in [-0.05, 0) is 43.2 Å². The Morgan fingerprint density at radius 3 is 2.74 bits per heavy atom. The number of aryl methyl sites for hydroxylation is 3. The van der Waals surface area contributed by atoms with Crippen molar-refractivity contribution >= 4 is 55.0 Å². The van der Waals surface area contributed by atoms with Crippen molar-refractivity contribution in [2.24, 2.45) is 7.05 Å². The summed E-state index contributed by atoms with van der Waals surface area (Å²) in [6.45, 7) is 3.42. The van der Waals surface area contributed by atoms with Gasteiger partial charge in [-0.15, -0.1) is 11.3 Å². The van der Waals surface area contributed by atoms with Crippen molar-refractivity contribution in [3.8, 4) is 0 Å². The minimum Gasteiger partial charge on any atom is -0.342 e. The van der Waals surface area contributed by atoms with E-state index in [2.05, 4.69) is 31.5 Å². The number of benzene rings is 1. The van der Waals surface area contributed by atoms with E-state index in [1.165, 1.54) is 10.9 Å². The molecule has 0 saturated carbocycles. The Hall–Kier alpha value is -2.52. The molecule has 3 aromatic rings. The quantitative estimate of drug-likeness (QED) is 0.641. The summed E-state index contributed by atoms with van der Waals surface area (Å²) < 4.78 is 2.30. The van der Waals surface area contributed by atoms with Gasteiger partial charge in [-0.2, -0.15) is 0 Å². The van der Waals surface area contributed by atoms with Gasteiger partial charge in [0.15, 0.2) is 0 Å². The molecule has 2 amide bonds. The third-order valence-electron chi connectivity index (χ3n) is 4.09. The first-order chi connectivity index (χ1) is 12.8. The number of thiophene rings is 1. The molecule has 0 aliphatic rings. The molecular weight excluding hydrogens is 432 g/mol. The number of aromatic nitrogens is 2. The Bertz CT molecular complexity index is 1120. The number of fused-ring (bicyclic) bond motifs is 1. The van der Waals surface area contributed by atoms with Gasteiger partial charge in [0.25, 0.3) is 11.5 Å². The van der Waals surface area contributed by atoms with Crippen LogP contribution in [0.15, 0.2) is 33.8 Å². The van der Waals surface area contributed by atoms with Crippen molar-refractivity contribution in [2.75, 3.05) is 11.9 Å². The van der Waals surface area contributed by atoms with Crippen molar-refractivity contribution in [2.45, 2.75) is 13.8 Å². The van der Waals surface area contributed by atoms with Gasteiger partial charge in [0.1, 0.15) is 4.83 Å². The number of hydrogen-bond donors (Lipinski definition) is 2. The number of rotatable bonds is 4. The molecule has 0 saturated heterocycles. The largest absolute Gasteiger partial charge is 0.342 e. The topological polar surface area (TPSA) is 93.1 Å². The molecule has 2 aromatic heterocycles. The summed E-state index contributed by atoms with van der Waals surface area (Å²) in [6.07, 6.45) is 1.43. The SMILES string of the molecule is Cc1cc(Br)ccc1NC(=O)CNC(=O)c1sc2ncn(C)c(=O)c2c1C. The third kappa shape index (κ3) is 3.93. The molecule has 3 rings (SSSR count). The lowest BCUT2D eigenvalue weighted by atomic mass is 10.2. The first-order valence-electron chi connectivity index (χ1n) is 8.07. The number of amides is 2. The second kappa shape index (κ2) is 7.61. The number of anilines is 1. The fourth-order valence-corrected chi connectivity index (χ4v) is 4.16. The van der Waals surface area contributed by atoms with Gasteiger partial charge < -0.3 is 15.2 Å². The van der Waals surface area contributed by atoms with Gasteiger partial charge >= 0.3 is 0 Å². The number of carbonyl (C=O) groups is 2. The van der Waals surface area contributed by atoms with Crippen molar-refractivity contribution in [3.63, 3.8) is 0 Å². The number of halogens is 1. The van der Waals surface area contributed by atoms with E-state index in [1.54, 1.807) is 20.0 Å². The summed E-state index contributed by atoms with van der Waals surface area (Å²) >= 11 is 4.51. The summed E-state index contributed by atoms with van der Waals surface area (Å²) in [5, 5.41) is 5.80. The second-order valence-electron chi connectivity index (χ2n) is 6.09. The maximum Gasteiger partial charge on any atom is 0.262 e. The van der Waals surface area contributed by atoms with Gasteiger partial charge in [-0.25, -0.2) is 4.98 Å². The highest BCUT2D eigenvalue weighted by Gasteiger charge is 2.19. The van der Waals surface area contributed by atoms with Crippen molar-refractivity contribution in [1.29, 1.82) is 0 Å². The Morgan fingerprint density at radius 2 is 2.04 bits per heavy atom. The lowest BCUT2D eigenvalue weighted by molar-refractivity contribution is -0.115. The van der Waals surface area contributed by atoms with E-state index >= 15 is 0 Å². The number of nitrogens with one attached hydrogen (secondary N) is 2. The van der Waals surface area contributed by atoms with Crippen LogP contribution >= 0.6 is 27.3 Å². The monoisotopic (exact) mass is 448 g/mol. The molecule has 0 atom stereocenters. The van der Waals surface area contributed by atoms with E-state index in [4.69, 9.17) is 0 Å². The van der Waals surface area contributed by atoms with Crippen LogP contribution in [-0.4, -0.2) is 27.9 Å². The van der Waals surface area contributed by atoms with Crippen LogP contribution in [0.2, 0.25) is 0 Å². The van der Waals surface area contributed by atoms with Crippen LogP contribution in [0.1, 0.15) is 20.8 Å². The van der Waals surface area contributed by atoms with Crippen LogP contribution in [0.25, 0.3) is 10.2 Å². The minimum atomic E-state index is -0.403. The third-order valence-corrected chi connectivity index (χ3v) is 5.78. The first kappa shape index (κ1) is 19.2. The molecule has 9 heteroatoms. The minimum absolute atomic E-state index is 0.173. The maximum absolute atomic E-state index is 12.5. The van der Waals surface area contributed by atoms with E-state index in [-0.39, 0.29) is 18.0 Å². The van der Waals surface area contributed by atoms with Crippen LogP contribution in [0.4, 0.5) is 5.69 Å². The molecule has 0 aliphatic heterocycles. The molecular formula is C18H17BrN4O3S. The van der Waals surface area contributed by atoms with Crippen molar-refractivity contribution in [3.05, 3.63) is 55.4 Å². The Morgan fingerprint density at radius 1 is 1.30 bits per heavy atom. The summed E-state index contributed by atoms with van der Waals surface area (Å²) in [7, 11) is 1.61. The van der Waals surface area contributed by atoms with E-state index in [1.807, 2.05) is 19.1 Å². The number of carbonyl (C=O) groups excluding carboxylic acids is 2.